The van der Waals surface area contributed by atoms with E-state index in [0.717, 1.165) is 151 Å². The molecule has 7 aliphatic rings. The maximum absolute atomic E-state index is 6.59. The third-order valence-corrected chi connectivity index (χ3v) is 24.5. The molecule has 7 heterocycles. The summed E-state index contributed by atoms with van der Waals surface area (Å²) in [7, 11) is 9.49. The normalized spacial score (nSPS) is 15.8. The number of benzene rings is 12. The first-order valence-corrected chi connectivity index (χ1v) is 45.2. The van der Waals surface area contributed by atoms with Crippen molar-refractivity contribution in [2.45, 2.75) is 156 Å². The van der Waals surface area contributed by atoms with Crippen LogP contribution in [-0.2, 0) is 32.6 Å². The molecule has 669 valence electrons. The number of rotatable bonds is 12. The van der Waals surface area contributed by atoms with Gasteiger partial charge in [-0.3, -0.25) is 0 Å². The molecule has 130 heavy (non-hydrogen) atoms. The minimum atomic E-state index is -0.523. The topological polar surface area (TPSA) is 173 Å². The smallest absolute Gasteiger partial charge is 0.453 e. The maximum Gasteiger partial charge on any atom is 1.00 e. The van der Waals surface area contributed by atoms with Gasteiger partial charge >= 0.3 is 65.2 Å². The molecule has 12 aromatic rings. The molecule has 0 saturated carbocycles. The second-order valence-electron chi connectivity index (χ2n) is 33.8. The zero-order valence-corrected chi connectivity index (χ0v) is 83.1. The summed E-state index contributed by atoms with van der Waals surface area (Å²) in [5.41, 5.74) is 10.5. The number of nitrogens with one attached hydrogen (secondary N) is 1. The third kappa shape index (κ3) is 24.1. The number of thiol groups is 1. The Kier molecular flexibility index (Phi) is 34.4. The number of methoxy groups -OCH3 is 4. The van der Waals surface area contributed by atoms with Gasteiger partial charge in [0.2, 0.25) is 0 Å². The minimum absolute atomic E-state index is 0. The summed E-state index contributed by atoms with van der Waals surface area (Å²) in [6, 6.07) is 88.0. The fourth-order valence-electron chi connectivity index (χ4n) is 13.8. The maximum atomic E-state index is 6.59. The molecule has 3 saturated heterocycles. The predicted octanol–water partition coefficient (Wildman–Crippen LogP) is 24.7. The number of halogens is 3. The van der Waals surface area contributed by atoms with Crippen LogP contribution in [0.5, 0.6) is 69.0 Å². The van der Waals surface area contributed by atoms with Crippen LogP contribution in [0.25, 0.3) is 0 Å². The molecule has 0 atom stereocenters. The standard InChI is InChI=1S/C31H37B2NO6.C19H13Br2NO2.C19H15NO2.C12H9NO.C9H19BO3.C7H7BrO.C4H9.BHNS.Li/c1-28(2)29(3,4)38-32(37-28)20-10-16-24-26(18-20)36-27-19-21(33-39-30(5,6)31(7,8)40-33)11-17-25(27)34(24)22-12-14-23(35-9)15-13-22;1-23-15-6-4-14(5-7-15)22-16-8-2-12(20)10-18(16)24-19-11-13(21)3-9-17(19)22;1-21-15-12-10-14(11-13-15)20-16-6-2-4-8-18(16)22-19-9-5-3-7-17(19)20;1-3-7-11-9(5-1)13-10-6-2-4-8-12(10)14-11;1-7(2)11-10-12-8(3,4)9(5,6)13-10;1-9-7-4-2-6(8)3-5-7;1-3-4-2;1-2-3;/h10-19H,1-9H3;2-11H,1H3;2-13H,1H3;1-8,13H;7H,1-6H3;2-5H,1H3;1,3-4H2,2H3;3H;/q;;;;;;-1;;+1. The second-order valence-corrected chi connectivity index (χ2v) is 36.8. The van der Waals surface area contributed by atoms with Crippen LogP contribution in [0.15, 0.2) is 285 Å². The van der Waals surface area contributed by atoms with Crippen molar-refractivity contribution in [3.8, 4) is 69.0 Å². The van der Waals surface area contributed by atoms with E-state index in [2.05, 4.69) is 210 Å². The molecule has 0 bridgehead atoms. The van der Waals surface area contributed by atoms with Gasteiger partial charge < -0.3 is 97.4 Å². The Hall–Kier alpha value is -9.59. The van der Waals surface area contributed by atoms with E-state index in [1.165, 1.54) is 6.42 Å². The van der Waals surface area contributed by atoms with E-state index < -0.39 is 44.0 Å². The van der Waals surface area contributed by atoms with E-state index in [0.29, 0.717) is 11.5 Å². The molecule has 0 aromatic heterocycles. The molecule has 0 aliphatic carbocycles. The summed E-state index contributed by atoms with van der Waals surface area (Å²) in [5, 5.41) is 3.32. The average molecular weight is 1960 g/mol. The fourth-order valence-corrected chi connectivity index (χ4v) is 14.7. The van der Waals surface area contributed by atoms with Crippen LogP contribution in [0.1, 0.15) is 117 Å². The van der Waals surface area contributed by atoms with Gasteiger partial charge in [0.05, 0.1) is 108 Å². The number of nitrogens with zero attached hydrogens (tertiary/aromatic N) is 4. The van der Waals surface area contributed by atoms with Crippen LogP contribution in [0, 0.1) is 6.92 Å². The summed E-state index contributed by atoms with van der Waals surface area (Å²) >= 11 is 13.5. The SMILES string of the molecule is CC(C)OB1OC(C)(C)C(C)(C)O1.COc1ccc(Br)cc1.COc1ccc(N2c3ccc(B4OC(C)(C)C(C)(C)O4)cc3Oc3cc(B4OC(C)(C)C(C)(C)O4)ccc32)cc1.COc1ccc(N2c3ccc(Br)cc3Oc3cc(Br)ccc32)cc1.COc1ccc(N2c3ccccc3Oc3ccccc32)cc1.[B]=NS.[CH2-]CCC.[Li+].c1ccc2c(c1)Nc1ccccc1O2. The van der Waals surface area contributed by atoms with Gasteiger partial charge in [-0.25, -0.2) is 0 Å². The third-order valence-electron chi connectivity index (χ3n) is 23.0. The van der Waals surface area contributed by atoms with Crippen molar-refractivity contribution in [3.63, 3.8) is 0 Å². The molecule has 20 nitrogen and oxygen atoms in total. The summed E-state index contributed by atoms with van der Waals surface area (Å²) in [5.74, 6) is 9.88. The molecule has 0 amide bonds. The van der Waals surface area contributed by atoms with Crippen LogP contribution >= 0.6 is 60.6 Å². The largest absolute Gasteiger partial charge is 1.00 e. The Bertz CT molecular complexity index is 5480. The van der Waals surface area contributed by atoms with Crippen LogP contribution < -0.4 is 87.7 Å². The van der Waals surface area contributed by atoms with Crippen molar-refractivity contribution in [1.82, 2.24) is 0 Å². The first-order valence-electron chi connectivity index (χ1n) is 42.5. The van der Waals surface area contributed by atoms with Crippen LogP contribution in [0.2, 0.25) is 0 Å². The van der Waals surface area contributed by atoms with Gasteiger partial charge in [-0.2, -0.15) is 6.42 Å². The number of hydrogen-bond donors (Lipinski definition) is 2. The molecule has 19 rings (SSSR count). The van der Waals surface area contributed by atoms with Crippen LogP contribution in [0.4, 0.5) is 62.6 Å². The monoisotopic (exact) mass is 1950 g/mol. The van der Waals surface area contributed by atoms with Gasteiger partial charge in [0.1, 0.15) is 23.0 Å². The molecule has 29 heteroatoms. The van der Waals surface area contributed by atoms with E-state index in [1.807, 2.05) is 260 Å². The van der Waals surface area contributed by atoms with Crippen LogP contribution in [0.3, 0.4) is 0 Å². The molecule has 3 fully saturated rings. The van der Waals surface area contributed by atoms with Crippen molar-refractivity contribution in [2.75, 3.05) is 48.5 Å². The Morgan fingerprint density at radius 2 is 0.623 bits per heavy atom. The van der Waals surface area contributed by atoms with Crippen molar-refractivity contribution >= 4 is 163 Å². The molecule has 7 aliphatic heterocycles. The van der Waals surface area contributed by atoms with Gasteiger partial charge in [0.25, 0.3) is 0 Å². The summed E-state index contributed by atoms with van der Waals surface area (Å²) in [6.45, 7) is 34.1. The second kappa shape index (κ2) is 44.3. The van der Waals surface area contributed by atoms with Crippen molar-refractivity contribution < 1.29 is 89.3 Å². The van der Waals surface area contributed by atoms with Gasteiger partial charge in [-0.15, -0.1) is 0 Å². The number of fused-ring (bicyclic) bond motifs is 8. The quantitative estimate of drug-likeness (QED) is 0.0671. The first kappa shape index (κ1) is 101. The summed E-state index contributed by atoms with van der Waals surface area (Å²) in [6.07, 6.45) is 2.40. The zero-order chi connectivity index (χ0) is 92.8. The molecule has 1 radical (unpaired) electrons. The zero-order valence-electron chi connectivity index (χ0n) is 77.4. The van der Waals surface area contributed by atoms with Gasteiger partial charge in [0, 0.05) is 36.6 Å². The number of ether oxygens (including phenoxy) is 8. The minimum Gasteiger partial charge on any atom is -0.453 e. The predicted molar refractivity (Wildman–Crippen MR) is 537 cm³/mol. The molecule has 12 aromatic carbocycles. The van der Waals surface area contributed by atoms with E-state index in [4.69, 9.17) is 70.5 Å². The Labute approximate surface area is 811 Å². The fraction of sp³-hybridized carbons (Fsp3) is 0.277. The molecular formula is C101H110B4Br3LiN5O15S. The summed E-state index contributed by atoms with van der Waals surface area (Å²) < 4.78 is 93.1. The van der Waals surface area contributed by atoms with E-state index >= 15 is 0 Å². The van der Waals surface area contributed by atoms with E-state index in [-0.39, 0.29) is 36.2 Å². The van der Waals surface area contributed by atoms with Crippen molar-refractivity contribution in [3.05, 3.63) is 287 Å². The number of anilines is 11. The molecular weight excluding hydrogens is 1850 g/mol. The van der Waals surface area contributed by atoms with Crippen LogP contribution in [-0.4, -0.2) is 97.3 Å². The van der Waals surface area contributed by atoms with Gasteiger partial charge in [-0.05, 0) is 314 Å². The van der Waals surface area contributed by atoms with Gasteiger partial charge in [-0.1, -0.05) is 122 Å². The number of hydrogen-bond acceptors (Lipinski definition) is 21. The Balaban J connectivity index is 0.000000157. The van der Waals surface area contributed by atoms with E-state index in [1.54, 1.807) is 28.4 Å². The molecule has 0 spiro atoms. The summed E-state index contributed by atoms with van der Waals surface area (Å²) in [4.78, 5) is 6.58. The van der Waals surface area contributed by atoms with Gasteiger partial charge in [0.15, 0.2) is 46.0 Å². The van der Waals surface area contributed by atoms with Crippen molar-refractivity contribution in [2.24, 2.45) is 4.30 Å². The first-order chi connectivity index (χ1) is 61.6. The van der Waals surface area contributed by atoms with Crippen molar-refractivity contribution in [1.29, 1.82) is 0 Å². The Morgan fingerprint density at radius 3 is 0.938 bits per heavy atom. The van der Waals surface area contributed by atoms with E-state index in [9.17, 15) is 0 Å². The number of unbranched alkanes of at least 4 members (excludes halogenated alkanes) is 1. The Morgan fingerprint density at radius 1 is 0.369 bits per heavy atom. The number of para-hydroxylation sites is 8. The molecule has 1 N–H and O–H groups in total. The average Bonchev–Trinajstić information content (AvgIpc) is 1.22. The molecule has 0 unspecified atom stereocenters.